The third kappa shape index (κ3) is 7.89. The van der Waals surface area contributed by atoms with Crippen molar-refractivity contribution in [2.75, 3.05) is 13.7 Å². The van der Waals surface area contributed by atoms with Crippen LogP contribution >= 0.6 is 0 Å². The Morgan fingerprint density at radius 2 is 1.57 bits per heavy atom. The van der Waals surface area contributed by atoms with Crippen molar-refractivity contribution in [3.63, 3.8) is 0 Å². The molecular weight excluding hydrogens is 272 g/mol. The predicted octanol–water partition coefficient (Wildman–Crippen LogP) is 3.55. The molecule has 0 spiro atoms. The van der Waals surface area contributed by atoms with E-state index < -0.39 is 11.9 Å². The molecule has 0 amide bonds. The molecule has 0 saturated heterocycles. The van der Waals surface area contributed by atoms with Gasteiger partial charge in [0.25, 0.3) is 0 Å². The summed E-state index contributed by atoms with van der Waals surface area (Å²) in [7, 11) is 1.22. The molecular formula is C16H22O5. The van der Waals surface area contributed by atoms with E-state index in [2.05, 4.69) is 16.4 Å². The van der Waals surface area contributed by atoms with E-state index in [0.29, 0.717) is 6.61 Å². The van der Waals surface area contributed by atoms with Crippen LogP contribution in [0.1, 0.15) is 47.9 Å². The monoisotopic (exact) mass is 294 g/mol. The Morgan fingerprint density at radius 1 is 1.10 bits per heavy atom. The summed E-state index contributed by atoms with van der Waals surface area (Å²) in [5, 5.41) is 0. The summed E-state index contributed by atoms with van der Waals surface area (Å²) in [4.78, 5) is 31.8. The summed E-state index contributed by atoms with van der Waals surface area (Å²) in [6.07, 6.45) is 0.719. The van der Waals surface area contributed by atoms with Gasteiger partial charge in [-0.15, -0.1) is 6.58 Å². The SMILES string of the molecule is C=C(C)C.CCCOC(=O)c1ccccc1C(=O)OOC. The number of carbonyl (C=O) groups is 2. The second-order valence-electron chi connectivity index (χ2n) is 4.43. The number of ether oxygens (including phenoxy) is 1. The van der Waals surface area contributed by atoms with E-state index in [1.54, 1.807) is 12.1 Å². The van der Waals surface area contributed by atoms with E-state index in [0.717, 1.165) is 6.42 Å². The smallest absolute Gasteiger partial charge is 0.373 e. The summed E-state index contributed by atoms with van der Waals surface area (Å²) in [6, 6.07) is 6.25. The molecule has 0 aliphatic heterocycles. The van der Waals surface area contributed by atoms with Crippen LogP contribution in [-0.4, -0.2) is 25.7 Å². The maximum absolute atomic E-state index is 11.7. The zero-order chi connectivity index (χ0) is 16.3. The molecule has 0 aliphatic rings. The Bertz CT molecular complexity index is 475. The summed E-state index contributed by atoms with van der Waals surface area (Å²) in [6.45, 7) is 9.70. The van der Waals surface area contributed by atoms with Crippen molar-refractivity contribution in [3.8, 4) is 0 Å². The second-order valence-corrected chi connectivity index (χ2v) is 4.43. The van der Waals surface area contributed by atoms with Crippen molar-refractivity contribution in [1.82, 2.24) is 0 Å². The van der Waals surface area contributed by atoms with Gasteiger partial charge in [-0.05, 0) is 32.4 Å². The predicted molar refractivity (Wildman–Crippen MR) is 79.9 cm³/mol. The van der Waals surface area contributed by atoms with Gasteiger partial charge in [0.15, 0.2) is 0 Å². The fraction of sp³-hybridized carbons (Fsp3) is 0.375. The molecule has 0 fully saturated rings. The van der Waals surface area contributed by atoms with Gasteiger partial charge in [0.1, 0.15) is 0 Å². The average molecular weight is 294 g/mol. The molecule has 0 heterocycles. The summed E-state index contributed by atoms with van der Waals surface area (Å²) >= 11 is 0. The molecule has 1 rings (SSSR count). The highest BCUT2D eigenvalue weighted by Gasteiger charge is 2.19. The van der Waals surface area contributed by atoms with Crippen LogP contribution in [0.3, 0.4) is 0 Å². The van der Waals surface area contributed by atoms with Gasteiger partial charge in [-0.2, -0.15) is 4.89 Å². The Kier molecular flexibility index (Phi) is 9.54. The molecule has 1 aromatic carbocycles. The fourth-order valence-corrected chi connectivity index (χ4v) is 1.23. The Balaban J connectivity index is 0.000000885. The zero-order valence-electron chi connectivity index (χ0n) is 13.0. The van der Waals surface area contributed by atoms with Crippen molar-refractivity contribution in [2.45, 2.75) is 27.2 Å². The van der Waals surface area contributed by atoms with Gasteiger partial charge in [0.2, 0.25) is 0 Å². The molecule has 21 heavy (non-hydrogen) atoms. The van der Waals surface area contributed by atoms with Crippen LogP contribution in [-0.2, 0) is 14.5 Å². The van der Waals surface area contributed by atoms with E-state index >= 15 is 0 Å². The Hall–Kier alpha value is -2.14. The first kappa shape index (κ1) is 18.9. The van der Waals surface area contributed by atoms with Crippen molar-refractivity contribution < 1.29 is 24.1 Å². The van der Waals surface area contributed by atoms with Crippen molar-refractivity contribution in [1.29, 1.82) is 0 Å². The maximum atomic E-state index is 11.7. The molecule has 5 heteroatoms. The molecule has 116 valence electrons. The number of carbonyl (C=O) groups excluding carboxylic acids is 2. The van der Waals surface area contributed by atoms with E-state index in [1.807, 2.05) is 20.8 Å². The van der Waals surface area contributed by atoms with Crippen molar-refractivity contribution in [3.05, 3.63) is 47.5 Å². The Labute approximate surface area is 125 Å². The summed E-state index contributed by atoms with van der Waals surface area (Å²) < 4.78 is 4.96. The minimum Gasteiger partial charge on any atom is -0.462 e. The number of esters is 1. The van der Waals surface area contributed by atoms with Gasteiger partial charge in [0.05, 0.1) is 24.8 Å². The Morgan fingerprint density at radius 3 is 2.00 bits per heavy atom. The van der Waals surface area contributed by atoms with Crippen LogP contribution in [0, 0.1) is 0 Å². The largest absolute Gasteiger partial charge is 0.462 e. The first-order valence-electron chi connectivity index (χ1n) is 6.57. The first-order chi connectivity index (χ1) is 9.93. The molecule has 5 nitrogen and oxygen atoms in total. The molecule has 0 radical (unpaired) electrons. The highest BCUT2D eigenvalue weighted by Crippen LogP contribution is 2.12. The van der Waals surface area contributed by atoms with Crippen LogP contribution in [0.2, 0.25) is 0 Å². The van der Waals surface area contributed by atoms with Crippen molar-refractivity contribution >= 4 is 11.9 Å². The third-order valence-electron chi connectivity index (χ3n) is 1.96. The molecule has 0 aliphatic carbocycles. The summed E-state index contributed by atoms with van der Waals surface area (Å²) in [5.74, 6) is -1.27. The van der Waals surface area contributed by atoms with E-state index in [1.165, 1.54) is 24.8 Å². The highest BCUT2D eigenvalue weighted by atomic mass is 17.2. The van der Waals surface area contributed by atoms with Gasteiger partial charge in [0, 0.05) is 0 Å². The van der Waals surface area contributed by atoms with Crippen LogP contribution in [0.5, 0.6) is 0 Å². The van der Waals surface area contributed by atoms with Gasteiger partial charge in [-0.3, -0.25) is 4.89 Å². The number of benzene rings is 1. The molecule has 0 atom stereocenters. The quantitative estimate of drug-likeness (QED) is 0.359. The third-order valence-corrected chi connectivity index (χ3v) is 1.96. The van der Waals surface area contributed by atoms with Crippen LogP contribution in [0.15, 0.2) is 36.4 Å². The van der Waals surface area contributed by atoms with Gasteiger partial charge in [-0.25, -0.2) is 9.59 Å². The second kappa shape index (κ2) is 10.6. The normalized spacial score (nSPS) is 9.14. The standard InChI is InChI=1S/C12H14O5.C4H8/c1-3-8-16-11(13)9-6-4-5-7-10(9)12(14)17-15-2;1-4(2)3/h4-7H,3,8H2,1-2H3;1H2,2-3H3. The lowest BCUT2D eigenvalue weighted by Gasteiger charge is -2.07. The van der Waals surface area contributed by atoms with E-state index in [4.69, 9.17) is 4.74 Å². The highest BCUT2D eigenvalue weighted by molar-refractivity contribution is 6.02. The number of rotatable bonds is 5. The molecule has 0 saturated carbocycles. The number of hydrogen-bond acceptors (Lipinski definition) is 5. The van der Waals surface area contributed by atoms with Gasteiger partial charge >= 0.3 is 11.9 Å². The van der Waals surface area contributed by atoms with Crippen LogP contribution < -0.4 is 0 Å². The van der Waals surface area contributed by atoms with Crippen LogP contribution in [0.25, 0.3) is 0 Å². The lowest BCUT2D eigenvalue weighted by molar-refractivity contribution is -0.216. The van der Waals surface area contributed by atoms with E-state index in [9.17, 15) is 9.59 Å². The number of allylic oxidation sites excluding steroid dienone is 1. The zero-order valence-corrected chi connectivity index (χ0v) is 13.0. The average Bonchev–Trinajstić information content (AvgIpc) is 2.44. The van der Waals surface area contributed by atoms with Crippen molar-refractivity contribution in [2.24, 2.45) is 0 Å². The molecule has 0 unspecified atom stereocenters. The number of hydrogen-bond donors (Lipinski definition) is 0. The summed E-state index contributed by atoms with van der Waals surface area (Å²) in [5.41, 5.74) is 1.46. The minimum absolute atomic E-state index is 0.121. The molecule has 1 aromatic rings. The maximum Gasteiger partial charge on any atom is 0.373 e. The van der Waals surface area contributed by atoms with E-state index in [-0.39, 0.29) is 11.1 Å². The lowest BCUT2D eigenvalue weighted by Crippen LogP contribution is -2.14. The minimum atomic E-state index is -0.725. The van der Waals surface area contributed by atoms with Gasteiger partial charge < -0.3 is 4.74 Å². The molecule has 0 aromatic heterocycles. The lowest BCUT2D eigenvalue weighted by atomic mass is 10.1. The molecule has 0 N–H and O–H groups in total. The molecule has 0 bridgehead atoms. The first-order valence-corrected chi connectivity index (χ1v) is 6.57. The topological polar surface area (TPSA) is 61.8 Å². The van der Waals surface area contributed by atoms with Crippen LogP contribution in [0.4, 0.5) is 0 Å². The fourth-order valence-electron chi connectivity index (χ4n) is 1.23. The van der Waals surface area contributed by atoms with Gasteiger partial charge in [-0.1, -0.05) is 24.6 Å².